The van der Waals surface area contributed by atoms with Gasteiger partial charge in [-0.15, -0.1) is 24.0 Å². The minimum Gasteiger partial charge on any atom is -0.377 e. The fraction of sp³-hybridized carbons (Fsp3) is 0.824. The maximum atomic E-state index is 12.0. The van der Waals surface area contributed by atoms with Crippen LogP contribution in [0, 0.1) is 0 Å². The van der Waals surface area contributed by atoms with E-state index < -0.39 is 10.8 Å². The molecule has 5 nitrogen and oxygen atoms in total. The van der Waals surface area contributed by atoms with E-state index in [1.54, 1.807) is 0 Å². The van der Waals surface area contributed by atoms with Crippen molar-refractivity contribution in [1.82, 2.24) is 10.6 Å². The third-order valence-corrected chi connectivity index (χ3v) is 6.38. The van der Waals surface area contributed by atoms with Gasteiger partial charge in [0.05, 0.1) is 13.2 Å². The molecule has 1 fully saturated rings. The summed E-state index contributed by atoms with van der Waals surface area (Å²) in [6, 6.07) is 0.387. The van der Waals surface area contributed by atoms with Gasteiger partial charge in [0, 0.05) is 41.4 Å². The summed E-state index contributed by atoms with van der Waals surface area (Å²) in [6.45, 7) is 4.50. The molecule has 0 bridgehead atoms. The summed E-state index contributed by atoms with van der Waals surface area (Å²) in [5.74, 6) is 1.63. The molecule has 0 amide bonds. The molecule has 1 aliphatic carbocycles. The molecule has 0 spiro atoms. The Balaban J connectivity index is 0.00000288. The second kappa shape index (κ2) is 12.2. The van der Waals surface area contributed by atoms with E-state index in [1.807, 2.05) is 14.0 Å². The molecule has 24 heavy (non-hydrogen) atoms. The molecule has 2 aliphatic rings. The van der Waals surface area contributed by atoms with Crippen LogP contribution in [0.3, 0.4) is 0 Å². The molecule has 0 aromatic carbocycles. The Morgan fingerprint density at radius 1 is 1.46 bits per heavy atom. The standard InChI is InChI=1S/C17H31N3O2S.HI/c1-3-23(21)16-6-4-5-15(13-16)20-17(18-2)19-10-7-14-8-11-22-12-9-14;/h8,15-16H,3-7,9-13H2,1-2H3,(H2,18,19,20);1H. The number of hydrogen-bond acceptors (Lipinski definition) is 3. The van der Waals surface area contributed by atoms with Crippen molar-refractivity contribution in [1.29, 1.82) is 0 Å². The summed E-state index contributed by atoms with van der Waals surface area (Å²) in [4.78, 5) is 4.33. The van der Waals surface area contributed by atoms with Crippen LogP contribution in [0.4, 0.5) is 0 Å². The largest absolute Gasteiger partial charge is 0.377 e. The molecule has 2 rings (SSSR count). The average Bonchev–Trinajstić information content (AvgIpc) is 2.61. The fourth-order valence-electron chi connectivity index (χ4n) is 3.27. The lowest BCUT2D eigenvalue weighted by atomic mass is 9.95. The average molecular weight is 469 g/mol. The summed E-state index contributed by atoms with van der Waals surface area (Å²) in [5, 5.41) is 7.26. The number of aliphatic imine (C=N–C) groups is 1. The van der Waals surface area contributed by atoms with E-state index in [-0.39, 0.29) is 24.0 Å². The van der Waals surface area contributed by atoms with Gasteiger partial charge in [-0.2, -0.15) is 0 Å². The minimum absolute atomic E-state index is 0. The highest BCUT2D eigenvalue weighted by molar-refractivity contribution is 14.0. The molecule has 0 saturated heterocycles. The van der Waals surface area contributed by atoms with E-state index in [2.05, 4.69) is 21.7 Å². The molecule has 0 aromatic rings. The Bertz CT molecular complexity index is 457. The Hall–Kier alpha value is -0.150. The summed E-state index contributed by atoms with van der Waals surface area (Å²) < 4.78 is 17.4. The lowest BCUT2D eigenvalue weighted by molar-refractivity contribution is 0.153. The highest BCUT2D eigenvalue weighted by Gasteiger charge is 2.25. The van der Waals surface area contributed by atoms with E-state index in [0.717, 1.165) is 70.0 Å². The van der Waals surface area contributed by atoms with Crippen LogP contribution in [-0.4, -0.2) is 54.0 Å². The van der Waals surface area contributed by atoms with E-state index >= 15 is 0 Å². The van der Waals surface area contributed by atoms with Gasteiger partial charge in [-0.3, -0.25) is 9.20 Å². The van der Waals surface area contributed by atoms with Gasteiger partial charge >= 0.3 is 0 Å². The smallest absolute Gasteiger partial charge is 0.191 e. The van der Waals surface area contributed by atoms with Crippen LogP contribution in [0.25, 0.3) is 0 Å². The van der Waals surface area contributed by atoms with Crippen LogP contribution in [-0.2, 0) is 15.5 Å². The first-order valence-electron chi connectivity index (χ1n) is 8.83. The third-order valence-electron chi connectivity index (χ3n) is 4.64. The Morgan fingerprint density at radius 3 is 2.96 bits per heavy atom. The summed E-state index contributed by atoms with van der Waals surface area (Å²) >= 11 is 0. The molecule has 0 aromatic heterocycles. The van der Waals surface area contributed by atoms with Crippen molar-refractivity contribution < 1.29 is 8.95 Å². The van der Waals surface area contributed by atoms with Gasteiger partial charge < -0.3 is 15.4 Å². The zero-order valence-corrected chi connectivity index (χ0v) is 18.0. The molecule has 2 N–H and O–H groups in total. The quantitative estimate of drug-likeness (QED) is 0.272. The Kier molecular flexibility index (Phi) is 11.2. The van der Waals surface area contributed by atoms with Gasteiger partial charge in [0.25, 0.3) is 0 Å². The van der Waals surface area contributed by atoms with Crippen LogP contribution in [0.5, 0.6) is 0 Å². The molecule has 3 unspecified atom stereocenters. The molecule has 140 valence electrons. The van der Waals surface area contributed by atoms with Gasteiger partial charge in [-0.1, -0.05) is 25.0 Å². The predicted molar refractivity (Wildman–Crippen MR) is 113 cm³/mol. The van der Waals surface area contributed by atoms with Crippen LogP contribution in [0.1, 0.15) is 45.4 Å². The van der Waals surface area contributed by atoms with Crippen molar-refractivity contribution in [3.8, 4) is 0 Å². The molecule has 3 atom stereocenters. The normalized spacial score (nSPS) is 26.1. The van der Waals surface area contributed by atoms with E-state index in [4.69, 9.17) is 4.74 Å². The molecular formula is C17H32IN3O2S. The zero-order chi connectivity index (χ0) is 16.5. The van der Waals surface area contributed by atoms with Gasteiger partial charge in [0.2, 0.25) is 0 Å². The van der Waals surface area contributed by atoms with E-state index in [0.29, 0.717) is 11.3 Å². The third kappa shape index (κ3) is 7.39. The maximum absolute atomic E-state index is 12.0. The first-order valence-corrected chi connectivity index (χ1v) is 10.2. The number of ether oxygens (including phenoxy) is 1. The highest BCUT2D eigenvalue weighted by Crippen LogP contribution is 2.23. The van der Waals surface area contributed by atoms with Crippen LogP contribution in [0.2, 0.25) is 0 Å². The minimum atomic E-state index is -0.679. The molecule has 1 aliphatic heterocycles. The first-order chi connectivity index (χ1) is 11.2. The van der Waals surface area contributed by atoms with Crippen LogP contribution in [0.15, 0.2) is 16.6 Å². The van der Waals surface area contributed by atoms with Gasteiger partial charge in [0.1, 0.15) is 0 Å². The summed E-state index contributed by atoms with van der Waals surface area (Å²) in [6.07, 6.45) is 8.65. The maximum Gasteiger partial charge on any atom is 0.191 e. The lowest BCUT2D eigenvalue weighted by Crippen LogP contribution is -2.46. The number of nitrogens with one attached hydrogen (secondary N) is 2. The van der Waals surface area contributed by atoms with Gasteiger partial charge in [0.15, 0.2) is 5.96 Å². The Morgan fingerprint density at radius 2 is 2.29 bits per heavy atom. The number of halogens is 1. The molecular weight excluding hydrogens is 437 g/mol. The molecule has 1 heterocycles. The lowest BCUT2D eigenvalue weighted by Gasteiger charge is -2.30. The SMILES string of the molecule is CCS(=O)C1CCCC(NC(=NC)NCCC2=CCOCC2)C1.I. The molecule has 0 radical (unpaired) electrons. The zero-order valence-electron chi connectivity index (χ0n) is 14.9. The van der Waals surface area contributed by atoms with Crippen molar-refractivity contribution in [3.05, 3.63) is 11.6 Å². The summed E-state index contributed by atoms with van der Waals surface area (Å²) in [7, 11) is 1.13. The van der Waals surface area contributed by atoms with E-state index in [1.165, 1.54) is 5.57 Å². The predicted octanol–water partition coefficient (Wildman–Crippen LogP) is 2.59. The second-order valence-corrected chi connectivity index (χ2v) is 8.24. The topological polar surface area (TPSA) is 62.7 Å². The number of hydrogen-bond donors (Lipinski definition) is 2. The number of nitrogens with zero attached hydrogens (tertiary/aromatic N) is 1. The number of guanidine groups is 1. The summed E-state index contributed by atoms with van der Waals surface area (Å²) in [5.41, 5.74) is 1.47. The molecule has 1 saturated carbocycles. The van der Waals surface area contributed by atoms with Crippen molar-refractivity contribution in [2.24, 2.45) is 4.99 Å². The fourth-order valence-corrected chi connectivity index (χ4v) is 4.62. The van der Waals surface area contributed by atoms with Crippen molar-refractivity contribution >= 4 is 40.7 Å². The van der Waals surface area contributed by atoms with Crippen molar-refractivity contribution in [3.63, 3.8) is 0 Å². The number of rotatable bonds is 6. The van der Waals surface area contributed by atoms with Gasteiger partial charge in [-0.05, 0) is 32.1 Å². The first kappa shape index (κ1) is 21.9. The van der Waals surface area contributed by atoms with E-state index in [9.17, 15) is 4.21 Å². The molecule has 7 heteroatoms. The highest BCUT2D eigenvalue weighted by atomic mass is 127. The van der Waals surface area contributed by atoms with Crippen LogP contribution >= 0.6 is 24.0 Å². The van der Waals surface area contributed by atoms with Crippen LogP contribution < -0.4 is 10.6 Å². The van der Waals surface area contributed by atoms with Crippen molar-refractivity contribution in [2.45, 2.75) is 56.7 Å². The second-order valence-electron chi connectivity index (χ2n) is 6.24. The monoisotopic (exact) mass is 469 g/mol. The Labute approximate surface area is 166 Å². The van der Waals surface area contributed by atoms with Gasteiger partial charge in [-0.25, -0.2) is 0 Å². The van der Waals surface area contributed by atoms with Crippen molar-refractivity contribution in [2.75, 3.05) is 32.6 Å².